The van der Waals surface area contributed by atoms with E-state index in [9.17, 15) is 0 Å². The zero-order chi connectivity index (χ0) is 33.7. The Kier molecular flexibility index (Phi) is 7.04. The number of thiophene rings is 1. The number of fused-ring (bicyclic) bond motifs is 8. The van der Waals surface area contributed by atoms with Gasteiger partial charge < -0.3 is 9.80 Å². The van der Waals surface area contributed by atoms with Gasteiger partial charge in [0.1, 0.15) is 0 Å². The first-order valence-electron chi connectivity index (χ1n) is 17.3. The Labute approximate surface area is 300 Å². The van der Waals surface area contributed by atoms with Crippen LogP contribution in [-0.2, 0) is 0 Å². The maximum Gasteiger partial charge on any atom is 0.0468 e. The van der Waals surface area contributed by atoms with Crippen molar-refractivity contribution in [3.05, 3.63) is 194 Å². The largest absolute Gasteiger partial charge is 0.310 e. The number of nitrogens with zero attached hydrogens (tertiary/aromatic N) is 2. The van der Waals surface area contributed by atoms with Crippen LogP contribution < -0.4 is 9.80 Å². The highest BCUT2D eigenvalue weighted by molar-refractivity contribution is 7.25. The van der Waals surface area contributed by atoms with Gasteiger partial charge in [0.15, 0.2) is 0 Å². The van der Waals surface area contributed by atoms with Crippen LogP contribution in [0, 0.1) is 0 Å². The molecule has 0 unspecified atom stereocenters. The number of anilines is 6. The lowest BCUT2D eigenvalue weighted by molar-refractivity contribution is 1.29. The maximum absolute atomic E-state index is 2.38. The van der Waals surface area contributed by atoms with Gasteiger partial charge in [-0.1, -0.05) is 109 Å². The number of hydrogen-bond donors (Lipinski definition) is 0. The molecule has 0 fully saturated rings. The van der Waals surface area contributed by atoms with Gasteiger partial charge in [-0.3, -0.25) is 0 Å². The summed E-state index contributed by atoms with van der Waals surface area (Å²) in [5.74, 6) is 0. The monoisotopic (exact) mass is 668 g/mol. The van der Waals surface area contributed by atoms with Crippen molar-refractivity contribution in [2.24, 2.45) is 0 Å². The third kappa shape index (κ3) is 5.10. The van der Waals surface area contributed by atoms with E-state index < -0.39 is 0 Å². The summed E-state index contributed by atoms with van der Waals surface area (Å²) in [5, 5.41) is 10.1. The van der Waals surface area contributed by atoms with Gasteiger partial charge in [-0.15, -0.1) is 11.3 Å². The van der Waals surface area contributed by atoms with Crippen molar-refractivity contribution < 1.29 is 0 Å². The fourth-order valence-corrected chi connectivity index (χ4v) is 8.70. The third-order valence-corrected chi connectivity index (χ3v) is 11.1. The summed E-state index contributed by atoms with van der Waals surface area (Å²) in [5.41, 5.74) is 6.83. The number of para-hydroxylation sites is 3. The summed E-state index contributed by atoms with van der Waals surface area (Å²) in [6.45, 7) is 0. The Bertz CT molecular complexity index is 2820. The summed E-state index contributed by atoms with van der Waals surface area (Å²) in [7, 11) is 0. The van der Waals surface area contributed by atoms with Gasteiger partial charge in [-0.05, 0) is 117 Å². The lowest BCUT2D eigenvalue weighted by Crippen LogP contribution is -2.09. The van der Waals surface area contributed by atoms with E-state index >= 15 is 0 Å². The summed E-state index contributed by atoms with van der Waals surface area (Å²) < 4.78 is 2.63. The van der Waals surface area contributed by atoms with Gasteiger partial charge in [0.2, 0.25) is 0 Å². The van der Waals surface area contributed by atoms with E-state index in [0.717, 1.165) is 34.1 Å². The lowest BCUT2D eigenvalue weighted by Gasteiger charge is -2.26. The van der Waals surface area contributed by atoms with Crippen LogP contribution in [-0.4, -0.2) is 0 Å². The second-order valence-corrected chi connectivity index (χ2v) is 14.1. The molecule has 0 saturated heterocycles. The zero-order valence-electron chi connectivity index (χ0n) is 27.8. The summed E-state index contributed by atoms with van der Waals surface area (Å²) in [6, 6.07) is 70.4. The zero-order valence-corrected chi connectivity index (χ0v) is 28.6. The topological polar surface area (TPSA) is 6.48 Å². The molecule has 10 rings (SSSR count). The van der Waals surface area contributed by atoms with Crippen LogP contribution in [0.3, 0.4) is 0 Å². The predicted molar refractivity (Wildman–Crippen MR) is 221 cm³/mol. The van der Waals surface area contributed by atoms with E-state index in [0.29, 0.717) is 0 Å². The standard InChI is InChI=1S/C48H32N2S/c1-4-12-35(13-5-1)49(36-14-6-2-7-15-36)39-23-20-33-21-26-42-41-28-24-38(30-34(41)22-27-43(42)45(33)31-39)50(37-16-8-3-9-17-37)40-25-29-48-46(32-40)44-18-10-11-19-47(44)51-48/h1-32H. The molecule has 10 aromatic rings. The first-order valence-corrected chi connectivity index (χ1v) is 18.2. The number of benzene rings is 9. The molecule has 9 aromatic carbocycles. The second-order valence-electron chi connectivity index (χ2n) is 13.0. The number of hydrogen-bond acceptors (Lipinski definition) is 3. The molecule has 1 aromatic heterocycles. The lowest BCUT2D eigenvalue weighted by atomic mass is 9.96. The molecule has 0 bridgehead atoms. The Morgan fingerprint density at radius 1 is 0.255 bits per heavy atom. The van der Waals surface area contributed by atoms with Crippen molar-refractivity contribution in [3.8, 4) is 0 Å². The molecule has 0 N–H and O–H groups in total. The molecular weight excluding hydrogens is 637 g/mol. The molecule has 0 amide bonds. The van der Waals surface area contributed by atoms with Gasteiger partial charge in [0.25, 0.3) is 0 Å². The quantitative estimate of drug-likeness (QED) is 0.163. The molecule has 0 saturated carbocycles. The molecule has 3 heteroatoms. The molecule has 0 aliphatic rings. The van der Waals surface area contributed by atoms with Gasteiger partial charge in [-0.25, -0.2) is 0 Å². The Hall–Kier alpha value is -6.42. The molecule has 240 valence electrons. The van der Waals surface area contributed by atoms with E-state index in [1.54, 1.807) is 0 Å². The normalized spacial score (nSPS) is 11.5. The minimum atomic E-state index is 1.13. The average molecular weight is 669 g/mol. The van der Waals surface area contributed by atoms with Crippen molar-refractivity contribution in [2.45, 2.75) is 0 Å². The molecule has 0 aliphatic carbocycles. The van der Waals surface area contributed by atoms with Crippen molar-refractivity contribution in [1.29, 1.82) is 0 Å². The van der Waals surface area contributed by atoms with Gasteiger partial charge in [0.05, 0.1) is 0 Å². The molecule has 0 atom stereocenters. The molecule has 0 radical (unpaired) electrons. The molecule has 0 spiro atoms. The predicted octanol–water partition coefficient (Wildman–Crippen LogP) is 14.5. The van der Waals surface area contributed by atoms with Crippen molar-refractivity contribution in [2.75, 3.05) is 9.80 Å². The van der Waals surface area contributed by atoms with E-state index in [-0.39, 0.29) is 0 Å². The third-order valence-electron chi connectivity index (χ3n) is 9.98. The smallest absolute Gasteiger partial charge is 0.0468 e. The van der Waals surface area contributed by atoms with Crippen molar-refractivity contribution >= 4 is 98.0 Å². The maximum atomic E-state index is 2.38. The van der Waals surface area contributed by atoms with Crippen LogP contribution in [0.15, 0.2) is 194 Å². The van der Waals surface area contributed by atoms with E-state index in [1.807, 2.05) is 11.3 Å². The highest BCUT2D eigenvalue weighted by atomic mass is 32.1. The van der Waals surface area contributed by atoms with E-state index in [2.05, 4.69) is 204 Å². The van der Waals surface area contributed by atoms with Crippen LogP contribution in [0.5, 0.6) is 0 Å². The van der Waals surface area contributed by atoms with E-state index in [1.165, 1.54) is 52.5 Å². The fraction of sp³-hybridized carbons (Fsp3) is 0. The van der Waals surface area contributed by atoms with Gasteiger partial charge in [0, 0.05) is 54.3 Å². The fourth-order valence-electron chi connectivity index (χ4n) is 7.61. The molecular formula is C48H32N2S. The minimum absolute atomic E-state index is 1.13. The Morgan fingerprint density at radius 3 is 1.39 bits per heavy atom. The van der Waals surface area contributed by atoms with Gasteiger partial charge >= 0.3 is 0 Å². The first kappa shape index (κ1) is 29.5. The van der Waals surface area contributed by atoms with Crippen LogP contribution in [0.25, 0.3) is 52.5 Å². The van der Waals surface area contributed by atoms with Crippen molar-refractivity contribution in [3.63, 3.8) is 0 Å². The summed E-state index contributed by atoms with van der Waals surface area (Å²) in [4.78, 5) is 4.71. The van der Waals surface area contributed by atoms with Crippen LogP contribution in [0.1, 0.15) is 0 Å². The molecule has 51 heavy (non-hydrogen) atoms. The molecule has 0 aliphatic heterocycles. The summed E-state index contributed by atoms with van der Waals surface area (Å²) >= 11 is 1.86. The Morgan fingerprint density at radius 2 is 0.706 bits per heavy atom. The first-order chi connectivity index (χ1) is 25.3. The SMILES string of the molecule is c1ccc(N(c2ccccc2)c2ccc3ccc4c5ccc(N(c6ccccc6)c6ccc7sc8ccccc8c7c6)cc5ccc4c3c2)cc1. The van der Waals surface area contributed by atoms with Crippen LogP contribution in [0.4, 0.5) is 34.1 Å². The highest BCUT2D eigenvalue weighted by Gasteiger charge is 2.17. The summed E-state index contributed by atoms with van der Waals surface area (Å²) in [6.07, 6.45) is 0. The van der Waals surface area contributed by atoms with Gasteiger partial charge in [-0.2, -0.15) is 0 Å². The Balaban J connectivity index is 1.12. The number of rotatable bonds is 6. The average Bonchev–Trinajstić information content (AvgIpc) is 3.57. The van der Waals surface area contributed by atoms with Crippen LogP contribution in [0.2, 0.25) is 0 Å². The van der Waals surface area contributed by atoms with Crippen LogP contribution >= 0.6 is 11.3 Å². The van der Waals surface area contributed by atoms with Crippen molar-refractivity contribution in [1.82, 2.24) is 0 Å². The minimum Gasteiger partial charge on any atom is -0.310 e. The molecule has 2 nitrogen and oxygen atoms in total. The van der Waals surface area contributed by atoms with E-state index in [4.69, 9.17) is 0 Å². The molecule has 1 heterocycles. The second kappa shape index (κ2) is 12.2. The highest BCUT2D eigenvalue weighted by Crippen LogP contribution is 2.43.